The molecule has 2 aromatic heterocycles. The molecule has 3 heterocycles. The third kappa shape index (κ3) is 4.73. The summed E-state index contributed by atoms with van der Waals surface area (Å²) in [6.07, 6.45) is 5.80. The van der Waals surface area contributed by atoms with E-state index in [0.717, 1.165) is 48.8 Å². The zero-order valence-corrected chi connectivity index (χ0v) is 21.4. The molecule has 0 bridgehead atoms. The van der Waals surface area contributed by atoms with Gasteiger partial charge in [0.1, 0.15) is 22.2 Å². The van der Waals surface area contributed by atoms with Gasteiger partial charge in [0.25, 0.3) is 5.91 Å². The predicted octanol–water partition coefficient (Wildman–Crippen LogP) is 5.46. The van der Waals surface area contributed by atoms with Gasteiger partial charge >= 0.3 is 0 Å². The first-order chi connectivity index (χ1) is 16.5. The molecular weight excluding hydrogens is 468 g/mol. The molecular formula is C26H31ClN4O2S. The molecule has 1 unspecified atom stereocenters. The number of fused-ring (bicyclic) bond motifs is 3. The van der Waals surface area contributed by atoms with Crippen molar-refractivity contribution in [1.29, 1.82) is 0 Å². The maximum Gasteiger partial charge on any atom is 0.260 e. The van der Waals surface area contributed by atoms with Gasteiger partial charge in [-0.1, -0.05) is 25.4 Å². The van der Waals surface area contributed by atoms with Crippen molar-refractivity contribution in [1.82, 2.24) is 14.9 Å². The minimum absolute atomic E-state index is 0.00985. The molecule has 1 aliphatic carbocycles. The molecule has 0 N–H and O–H groups in total. The number of aryl methyl sites for hydroxylation is 2. The lowest BCUT2D eigenvalue weighted by Crippen LogP contribution is -2.50. The second-order valence-corrected chi connectivity index (χ2v) is 10.7. The van der Waals surface area contributed by atoms with Crippen molar-refractivity contribution in [3.05, 3.63) is 45.6 Å². The van der Waals surface area contributed by atoms with Crippen LogP contribution in [0.15, 0.2) is 24.3 Å². The molecule has 0 spiro atoms. The lowest BCUT2D eigenvalue weighted by Gasteiger charge is -2.36. The Morgan fingerprint density at radius 2 is 1.85 bits per heavy atom. The monoisotopic (exact) mass is 498 g/mol. The van der Waals surface area contributed by atoms with Crippen molar-refractivity contribution in [2.24, 2.45) is 0 Å². The average molecular weight is 499 g/mol. The molecule has 1 fully saturated rings. The van der Waals surface area contributed by atoms with E-state index in [-0.39, 0.29) is 12.5 Å². The van der Waals surface area contributed by atoms with Crippen LogP contribution in [0, 0.1) is 0 Å². The molecule has 1 aromatic carbocycles. The van der Waals surface area contributed by atoms with E-state index in [4.69, 9.17) is 26.3 Å². The predicted molar refractivity (Wildman–Crippen MR) is 139 cm³/mol. The molecule has 8 heteroatoms. The molecule has 180 valence electrons. The van der Waals surface area contributed by atoms with Crippen LogP contribution in [0.25, 0.3) is 10.2 Å². The number of piperazine rings is 1. The van der Waals surface area contributed by atoms with Gasteiger partial charge in [0.05, 0.1) is 5.39 Å². The summed E-state index contributed by atoms with van der Waals surface area (Å²) in [7, 11) is 0. The van der Waals surface area contributed by atoms with Crippen LogP contribution in [0.4, 0.5) is 5.82 Å². The number of thiophene rings is 1. The van der Waals surface area contributed by atoms with Crippen molar-refractivity contribution >= 4 is 44.9 Å². The van der Waals surface area contributed by atoms with E-state index in [1.54, 1.807) is 24.3 Å². The van der Waals surface area contributed by atoms with Crippen molar-refractivity contribution in [3.63, 3.8) is 0 Å². The minimum Gasteiger partial charge on any atom is -0.484 e. The van der Waals surface area contributed by atoms with Crippen LogP contribution in [0.2, 0.25) is 5.02 Å². The molecule has 0 saturated carbocycles. The summed E-state index contributed by atoms with van der Waals surface area (Å²) in [5, 5.41) is 1.91. The zero-order chi connectivity index (χ0) is 23.7. The average Bonchev–Trinajstić information content (AvgIpc) is 3.26. The summed E-state index contributed by atoms with van der Waals surface area (Å²) in [4.78, 5) is 29.8. The van der Waals surface area contributed by atoms with Crippen molar-refractivity contribution in [3.8, 4) is 5.75 Å². The number of ether oxygens (including phenoxy) is 1. The van der Waals surface area contributed by atoms with Gasteiger partial charge in [-0.25, -0.2) is 9.97 Å². The van der Waals surface area contributed by atoms with Gasteiger partial charge in [0.2, 0.25) is 0 Å². The fraction of sp³-hybridized carbons (Fsp3) is 0.500. The van der Waals surface area contributed by atoms with Crippen LogP contribution < -0.4 is 9.64 Å². The topological polar surface area (TPSA) is 58.6 Å². The summed E-state index contributed by atoms with van der Waals surface area (Å²) in [5.41, 5.74) is 1.46. The number of nitrogens with zero attached hydrogens (tertiary/aromatic N) is 4. The number of aromatic nitrogens is 2. The second kappa shape index (κ2) is 10.1. The SMILES string of the molecule is CCC(C)c1nc(N2CCN(C(=O)COc3ccc(Cl)cc3)CC2)c2c3c(sc2n1)CCCC3. The molecule has 5 rings (SSSR count). The lowest BCUT2D eigenvalue weighted by atomic mass is 9.96. The number of carbonyl (C=O) groups is 1. The Morgan fingerprint density at radius 3 is 2.59 bits per heavy atom. The standard InChI is InChI=1S/C26H31ClN4O2S/c1-3-17(2)24-28-25(23-20-6-4-5-7-21(20)34-26(23)29-24)31-14-12-30(13-15-31)22(32)16-33-19-10-8-18(27)9-11-19/h8-11,17H,3-7,12-16H2,1-2H3. The third-order valence-corrected chi connectivity index (χ3v) is 8.41. The Hall–Kier alpha value is -2.38. The number of rotatable bonds is 6. The lowest BCUT2D eigenvalue weighted by molar-refractivity contribution is -0.133. The highest BCUT2D eigenvalue weighted by atomic mass is 35.5. The van der Waals surface area contributed by atoms with Gasteiger partial charge in [0, 0.05) is 42.0 Å². The number of anilines is 1. The first kappa shape index (κ1) is 23.4. The Bertz CT molecular complexity index is 1170. The summed E-state index contributed by atoms with van der Waals surface area (Å²) in [6.45, 7) is 7.30. The quantitative estimate of drug-likeness (QED) is 0.451. The highest BCUT2D eigenvalue weighted by molar-refractivity contribution is 7.19. The van der Waals surface area contributed by atoms with Crippen LogP contribution >= 0.6 is 22.9 Å². The summed E-state index contributed by atoms with van der Waals surface area (Å²) in [6, 6.07) is 7.09. The van der Waals surface area contributed by atoms with Gasteiger partial charge in [-0.05, 0) is 61.9 Å². The van der Waals surface area contributed by atoms with E-state index in [2.05, 4.69) is 18.7 Å². The molecule has 3 aromatic rings. The zero-order valence-electron chi connectivity index (χ0n) is 19.8. The minimum atomic E-state index is 0.00985. The van der Waals surface area contributed by atoms with Crippen molar-refractivity contribution in [2.45, 2.75) is 51.9 Å². The molecule has 1 saturated heterocycles. The van der Waals surface area contributed by atoms with E-state index < -0.39 is 0 Å². The number of carbonyl (C=O) groups excluding carboxylic acids is 1. The third-order valence-electron chi connectivity index (χ3n) is 6.97. The van der Waals surface area contributed by atoms with Gasteiger partial charge < -0.3 is 14.5 Å². The van der Waals surface area contributed by atoms with E-state index in [1.807, 2.05) is 16.2 Å². The van der Waals surface area contributed by atoms with Crippen LogP contribution in [0.1, 0.15) is 55.3 Å². The normalized spacial score (nSPS) is 17.0. The van der Waals surface area contributed by atoms with E-state index >= 15 is 0 Å². The molecule has 1 amide bonds. The summed E-state index contributed by atoms with van der Waals surface area (Å²) in [5.74, 6) is 3.01. The Labute approximate surface area is 209 Å². The highest BCUT2D eigenvalue weighted by Crippen LogP contribution is 2.40. The number of halogens is 1. The Balaban J connectivity index is 1.32. The largest absolute Gasteiger partial charge is 0.484 e. The number of benzene rings is 1. The first-order valence-electron chi connectivity index (χ1n) is 12.3. The van der Waals surface area contributed by atoms with Crippen molar-refractivity contribution in [2.75, 3.05) is 37.7 Å². The smallest absolute Gasteiger partial charge is 0.260 e. The molecule has 34 heavy (non-hydrogen) atoms. The van der Waals surface area contributed by atoms with E-state index in [9.17, 15) is 4.79 Å². The second-order valence-electron chi connectivity index (χ2n) is 9.22. The van der Waals surface area contributed by atoms with E-state index in [0.29, 0.717) is 29.8 Å². The van der Waals surface area contributed by atoms with Gasteiger partial charge in [0.15, 0.2) is 6.61 Å². The molecule has 6 nitrogen and oxygen atoms in total. The fourth-order valence-corrected chi connectivity index (χ4v) is 6.11. The first-order valence-corrected chi connectivity index (χ1v) is 13.5. The number of hydrogen-bond donors (Lipinski definition) is 0. The maximum absolute atomic E-state index is 12.8. The summed E-state index contributed by atoms with van der Waals surface area (Å²) < 4.78 is 5.67. The van der Waals surface area contributed by atoms with Crippen LogP contribution in [-0.4, -0.2) is 53.6 Å². The van der Waals surface area contributed by atoms with E-state index in [1.165, 1.54) is 28.7 Å². The van der Waals surface area contributed by atoms with Gasteiger partial charge in [-0.15, -0.1) is 11.3 Å². The Morgan fingerprint density at radius 1 is 1.12 bits per heavy atom. The molecule has 2 aliphatic rings. The van der Waals surface area contributed by atoms with Gasteiger partial charge in [-0.2, -0.15) is 0 Å². The van der Waals surface area contributed by atoms with Crippen LogP contribution in [0.5, 0.6) is 5.75 Å². The van der Waals surface area contributed by atoms with Crippen molar-refractivity contribution < 1.29 is 9.53 Å². The van der Waals surface area contributed by atoms with Crippen LogP contribution in [-0.2, 0) is 17.6 Å². The number of amides is 1. The molecule has 0 radical (unpaired) electrons. The van der Waals surface area contributed by atoms with Crippen LogP contribution in [0.3, 0.4) is 0 Å². The molecule has 1 atom stereocenters. The Kier molecular flexibility index (Phi) is 6.93. The molecule has 1 aliphatic heterocycles. The fourth-order valence-electron chi connectivity index (χ4n) is 4.72. The number of hydrogen-bond acceptors (Lipinski definition) is 6. The van der Waals surface area contributed by atoms with Gasteiger partial charge in [-0.3, -0.25) is 4.79 Å². The highest BCUT2D eigenvalue weighted by Gasteiger charge is 2.28. The maximum atomic E-state index is 12.8. The summed E-state index contributed by atoms with van der Waals surface area (Å²) >= 11 is 7.78.